The SMILES string of the molecule is Cc1nnc([C@H]2COCCN2C(=O)[C@@H](C)N2CCc3ccccc32)o1. The van der Waals surface area contributed by atoms with Crippen LogP contribution in [0.1, 0.15) is 30.3 Å². The first-order valence-electron chi connectivity index (χ1n) is 8.68. The molecule has 7 nitrogen and oxygen atoms in total. The maximum absolute atomic E-state index is 13.2. The van der Waals surface area contributed by atoms with E-state index in [9.17, 15) is 4.79 Å². The molecular formula is C18H22N4O3. The van der Waals surface area contributed by atoms with E-state index in [0.717, 1.165) is 18.7 Å². The fourth-order valence-electron chi connectivity index (χ4n) is 3.66. The van der Waals surface area contributed by atoms with E-state index in [0.29, 0.717) is 31.5 Å². The highest BCUT2D eigenvalue weighted by Crippen LogP contribution is 2.31. The lowest BCUT2D eigenvalue weighted by atomic mass is 10.1. The first-order valence-corrected chi connectivity index (χ1v) is 8.68. The highest BCUT2D eigenvalue weighted by molar-refractivity contribution is 5.86. The average molecular weight is 342 g/mol. The van der Waals surface area contributed by atoms with Gasteiger partial charge in [-0.05, 0) is 25.0 Å². The van der Waals surface area contributed by atoms with Crippen molar-refractivity contribution in [1.29, 1.82) is 0 Å². The molecule has 132 valence electrons. The van der Waals surface area contributed by atoms with Crippen LogP contribution in [0.4, 0.5) is 5.69 Å². The Bertz CT molecular complexity index is 775. The zero-order chi connectivity index (χ0) is 17.4. The van der Waals surface area contributed by atoms with Crippen molar-refractivity contribution in [1.82, 2.24) is 15.1 Å². The highest BCUT2D eigenvalue weighted by atomic mass is 16.5. The van der Waals surface area contributed by atoms with Crippen molar-refractivity contribution in [3.05, 3.63) is 41.6 Å². The van der Waals surface area contributed by atoms with E-state index in [-0.39, 0.29) is 18.0 Å². The fourth-order valence-corrected chi connectivity index (χ4v) is 3.66. The van der Waals surface area contributed by atoms with Crippen LogP contribution in [0, 0.1) is 6.92 Å². The minimum Gasteiger partial charge on any atom is -0.423 e. The quantitative estimate of drug-likeness (QED) is 0.846. The molecular weight excluding hydrogens is 320 g/mol. The summed E-state index contributed by atoms with van der Waals surface area (Å²) >= 11 is 0. The molecule has 2 aliphatic rings. The largest absolute Gasteiger partial charge is 0.423 e. The van der Waals surface area contributed by atoms with Crippen molar-refractivity contribution in [2.45, 2.75) is 32.4 Å². The number of morpholine rings is 1. The number of carbonyl (C=O) groups is 1. The Morgan fingerprint density at radius 2 is 2.12 bits per heavy atom. The van der Waals surface area contributed by atoms with Gasteiger partial charge in [-0.2, -0.15) is 0 Å². The van der Waals surface area contributed by atoms with Crippen LogP contribution in [0.2, 0.25) is 0 Å². The van der Waals surface area contributed by atoms with Crippen LogP contribution in [0.3, 0.4) is 0 Å². The number of hydrogen-bond donors (Lipinski definition) is 0. The number of ether oxygens (including phenoxy) is 1. The second kappa shape index (κ2) is 6.48. The molecule has 0 spiro atoms. The van der Waals surface area contributed by atoms with Gasteiger partial charge < -0.3 is 19.0 Å². The number of para-hydroxylation sites is 1. The molecule has 3 heterocycles. The Hall–Kier alpha value is -2.41. The van der Waals surface area contributed by atoms with E-state index in [1.165, 1.54) is 5.56 Å². The van der Waals surface area contributed by atoms with E-state index in [4.69, 9.17) is 9.15 Å². The van der Waals surface area contributed by atoms with E-state index in [1.54, 1.807) is 6.92 Å². The number of amides is 1. The average Bonchev–Trinajstić information content (AvgIpc) is 3.27. The Balaban J connectivity index is 1.56. The second-order valence-corrected chi connectivity index (χ2v) is 6.53. The maximum Gasteiger partial charge on any atom is 0.245 e. The Morgan fingerprint density at radius 3 is 2.92 bits per heavy atom. The van der Waals surface area contributed by atoms with Gasteiger partial charge in [0.25, 0.3) is 0 Å². The molecule has 1 aromatic carbocycles. The molecule has 0 saturated carbocycles. The fraction of sp³-hybridized carbons (Fsp3) is 0.500. The van der Waals surface area contributed by atoms with E-state index >= 15 is 0 Å². The lowest BCUT2D eigenvalue weighted by molar-refractivity contribution is -0.142. The first kappa shape index (κ1) is 16.1. The van der Waals surface area contributed by atoms with E-state index in [2.05, 4.69) is 27.2 Å². The second-order valence-electron chi connectivity index (χ2n) is 6.53. The Morgan fingerprint density at radius 1 is 1.28 bits per heavy atom. The van der Waals surface area contributed by atoms with Gasteiger partial charge in [-0.15, -0.1) is 10.2 Å². The topological polar surface area (TPSA) is 71.7 Å². The van der Waals surface area contributed by atoms with Crippen LogP contribution in [0.15, 0.2) is 28.7 Å². The molecule has 0 bridgehead atoms. The Kier molecular flexibility index (Phi) is 4.17. The third kappa shape index (κ3) is 2.89. The summed E-state index contributed by atoms with van der Waals surface area (Å²) < 4.78 is 11.1. The summed E-state index contributed by atoms with van der Waals surface area (Å²) in [7, 11) is 0. The molecule has 4 rings (SSSR count). The maximum atomic E-state index is 13.2. The third-order valence-corrected chi connectivity index (χ3v) is 4.99. The van der Waals surface area contributed by atoms with Crippen LogP contribution >= 0.6 is 0 Å². The number of fused-ring (bicyclic) bond motifs is 1. The van der Waals surface area contributed by atoms with Gasteiger partial charge in [0, 0.05) is 25.7 Å². The molecule has 7 heteroatoms. The van der Waals surface area contributed by atoms with Crippen LogP contribution in [-0.2, 0) is 16.0 Å². The van der Waals surface area contributed by atoms with Crippen molar-refractivity contribution in [3.8, 4) is 0 Å². The zero-order valence-electron chi connectivity index (χ0n) is 14.5. The van der Waals surface area contributed by atoms with Gasteiger partial charge in [0.15, 0.2) is 0 Å². The molecule has 1 fully saturated rings. The number of carbonyl (C=O) groups excluding carboxylic acids is 1. The summed E-state index contributed by atoms with van der Waals surface area (Å²) in [5, 5.41) is 7.98. The Labute approximate surface area is 146 Å². The van der Waals surface area contributed by atoms with Crippen molar-refractivity contribution in [2.75, 3.05) is 31.2 Å². The minimum absolute atomic E-state index is 0.0702. The van der Waals surface area contributed by atoms with Gasteiger partial charge in [-0.3, -0.25) is 4.79 Å². The molecule has 0 aliphatic carbocycles. The van der Waals surface area contributed by atoms with Gasteiger partial charge in [0.2, 0.25) is 17.7 Å². The molecule has 0 radical (unpaired) electrons. The van der Waals surface area contributed by atoms with Gasteiger partial charge in [0.1, 0.15) is 12.1 Å². The van der Waals surface area contributed by atoms with Gasteiger partial charge in [0.05, 0.1) is 13.2 Å². The minimum atomic E-state index is -0.317. The number of rotatable bonds is 3. The molecule has 2 aliphatic heterocycles. The predicted octanol–water partition coefficient (Wildman–Crippen LogP) is 1.73. The number of aryl methyl sites for hydroxylation is 1. The highest BCUT2D eigenvalue weighted by Gasteiger charge is 2.37. The first-order chi connectivity index (χ1) is 12.1. The number of aromatic nitrogens is 2. The summed E-state index contributed by atoms with van der Waals surface area (Å²) in [6, 6.07) is 7.73. The van der Waals surface area contributed by atoms with Gasteiger partial charge in [-0.1, -0.05) is 18.2 Å². The van der Waals surface area contributed by atoms with E-state index < -0.39 is 0 Å². The number of nitrogens with zero attached hydrogens (tertiary/aromatic N) is 4. The molecule has 25 heavy (non-hydrogen) atoms. The van der Waals surface area contributed by atoms with Crippen molar-refractivity contribution >= 4 is 11.6 Å². The summed E-state index contributed by atoms with van der Waals surface area (Å²) in [4.78, 5) is 17.2. The van der Waals surface area contributed by atoms with Crippen molar-refractivity contribution < 1.29 is 13.9 Å². The van der Waals surface area contributed by atoms with E-state index in [1.807, 2.05) is 24.0 Å². The molecule has 1 saturated heterocycles. The summed E-state index contributed by atoms with van der Waals surface area (Å²) in [6.45, 7) is 6.02. The monoisotopic (exact) mass is 342 g/mol. The van der Waals surface area contributed by atoms with Crippen LogP contribution in [0.5, 0.6) is 0 Å². The summed E-state index contributed by atoms with van der Waals surface area (Å²) in [5.74, 6) is 1.01. The number of benzene rings is 1. The van der Waals surface area contributed by atoms with Crippen LogP contribution in [-0.4, -0.2) is 53.3 Å². The lowest BCUT2D eigenvalue weighted by Crippen LogP contribution is -2.51. The smallest absolute Gasteiger partial charge is 0.245 e. The standard InChI is InChI=1S/C18H22N4O3/c1-12(21-8-7-14-5-3-4-6-15(14)21)18(23)22-9-10-24-11-16(22)17-20-19-13(2)25-17/h3-6,12,16H,7-11H2,1-2H3/t12-,16-/m1/s1. The molecule has 1 aromatic heterocycles. The zero-order valence-corrected chi connectivity index (χ0v) is 14.5. The van der Waals surface area contributed by atoms with Gasteiger partial charge in [-0.25, -0.2) is 0 Å². The molecule has 1 amide bonds. The molecule has 2 atom stereocenters. The molecule has 0 N–H and O–H groups in total. The lowest BCUT2D eigenvalue weighted by Gasteiger charge is -2.37. The van der Waals surface area contributed by atoms with Crippen LogP contribution < -0.4 is 4.90 Å². The number of anilines is 1. The van der Waals surface area contributed by atoms with Crippen molar-refractivity contribution in [3.63, 3.8) is 0 Å². The van der Waals surface area contributed by atoms with Crippen molar-refractivity contribution in [2.24, 2.45) is 0 Å². The molecule has 0 unspecified atom stereocenters. The summed E-state index contributed by atoms with van der Waals surface area (Å²) in [5.41, 5.74) is 2.45. The summed E-state index contributed by atoms with van der Waals surface area (Å²) in [6.07, 6.45) is 0.975. The third-order valence-electron chi connectivity index (χ3n) is 4.99. The predicted molar refractivity (Wildman–Crippen MR) is 91.3 cm³/mol. The number of hydrogen-bond acceptors (Lipinski definition) is 6. The van der Waals surface area contributed by atoms with Crippen LogP contribution in [0.25, 0.3) is 0 Å². The molecule has 2 aromatic rings. The van der Waals surface area contributed by atoms with Gasteiger partial charge >= 0.3 is 0 Å². The normalized spacial score (nSPS) is 21.3.